The van der Waals surface area contributed by atoms with Crippen LogP contribution in [0.5, 0.6) is 5.75 Å². The Labute approximate surface area is 241 Å². The number of hydrogen-bond donors (Lipinski definition) is 0. The summed E-state index contributed by atoms with van der Waals surface area (Å²) in [5.41, 5.74) is 2.58. The summed E-state index contributed by atoms with van der Waals surface area (Å²) in [6.45, 7) is 0.0978. The summed E-state index contributed by atoms with van der Waals surface area (Å²) in [4.78, 5) is 20.3. The highest BCUT2D eigenvalue weighted by molar-refractivity contribution is 9.10. The van der Waals surface area contributed by atoms with Crippen molar-refractivity contribution in [1.82, 2.24) is 0 Å². The van der Waals surface area contributed by atoms with Crippen LogP contribution in [-0.4, -0.2) is 11.1 Å². The highest BCUT2D eigenvalue weighted by atomic mass is 79.9. The van der Waals surface area contributed by atoms with Crippen molar-refractivity contribution in [1.29, 1.82) is 0 Å². The van der Waals surface area contributed by atoms with Crippen molar-refractivity contribution in [2.45, 2.75) is 6.61 Å². The van der Waals surface area contributed by atoms with Crippen LogP contribution in [0.25, 0.3) is 6.08 Å². The molecule has 0 bridgehead atoms. The van der Waals surface area contributed by atoms with E-state index in [-0.39, 0.29) is 18.3 Å². The number of amides is 1. The molecule has 1 fully saturated rings. The predicted molar refractivity (Wildman–Crippen MR) is 158 cm³/mol. The third-order valence-electron chi connectivity index (χ3n) is 5.54. The molecule has 38 heavy (non-hydrogen) atoms. The second-order valence-corrected chi connectivity index (χ2v) is 10.9. The second-order valence-electron chi connectivity index (χ2n) is 8.17. The van der Waals surface area contributed by atoms with Crippen molar-refractivity contribution in [3.63, 3.8) is 0 Å². The quantitative estimate of drug-likeness (QED) is 0.200. The molecule has 1 aliphatic rings. The van der Waals surface area contributed by atoms with Crippen LogP contribution in [-0.2, 0) is 11.4 Å². The van der Waals surface area contributed by atoms with Crippen LogP contribution in [0.4, 0.5) is 15.8 Å². The normalized spacial score (nSPS) is 15.5. The maximum atomic E-state index is 13.9. The molecular formula is C29H18BrCl2FN2O2S. The molecule has 0 saturated carbocycles. The summed E-state index contributed by atoms with van der Waals surface area (Å²) in [5, 5.41) is 1.68. The Balaban J connectivity index is 1.42. The Morgan fingerprint density at radius 2 is 1.63 bits per heavy atom. The number of anilines is 1. The molecule has 5 rings (SSSR count). The van der Waals surface area contributed by atoms with Gasteiger partial charge in [0.05, 0.1) is 20.8 Å². The lowest BCUT2D eigenvalue weighted by Crippen LogP contribution is -2.28. The minimum Gasteiger partial charge on any atom is -0.488 e. The smallest absolute Gasteiger partial charge is 0.271 e. The summed E-state index contributed by atoms with van der Waals surface area (Å²) in [5.74, 6) is 0.0395. The molecule has 0 spiro atoms. The van der Waals surface area contributed by atoms with Crippen molar-refractivity contribution in [2.75, 3.05) is 4.90 Å². The van der Waals surface area contributed by atoms with Crippen LogP contribution < -0.4 is 9.64 Å². The summed E-state index contributed by atoms with van der Waals surface area (Å²) < 4.78 is 20.4. The first-order valence-electron chi connectivity index (χ1n) is 11.4. The van der Waals surface area contributed by atoms with Gasteiger partial charge in [-0.25, -0.2) is 9.38 Å². The van der Waals surface area contributed by atoms with Gasteiger partial charge in [-0.1, -0.05) is 47.5 Å². The fourth-order valence-electron chi connectivity index (χ4n) is 3.64. The van der Waals surface area contributed by atoms with E-state index in [4.69, 9.17) is 32.9 Å². The zero-order chi connectivity index (χ0) is 26.6. The van der Waals surface area contributed by atoms with Gasteiger partial charge < -0.3 is 4.74 Å². The van der Waals surface area contributed by atoms with E-state index < -0.39 is 0 Å². The summed E-state index contributed by atoms with van der Waals surface area (Å²) in [7, 11) is 0. The number of carbonyl (C=O) groups is 1. The zero-order valence-electron chi connectivity index (χ0n) is 19.6. The lowest BCUT2D eigenvalue weighted by Gasteiger charge is -2.15. The van der Waals surface area contributed by atoms with Gasteiger partial charge in [0.2, 0.25) is 0 Å². The van der Waals surface area contributed by atoms with Gasteiger partial charge in [0.15, 0.2) is 5.17 Å². The molecule has 0 atom stereocenters. The van der Waals surface area contributed by atoms with Gasteiger partial charge in [0, 0.05) is 15.6 Å². The summed E-state index contributed by atoms with van der Waals surface area (Å²) in [6.07, 6.45) is 1.80. The molecule has 0 aromatic heterocycles. The first kappa shape index (κ1) is 26.5. The lowest BCUT2D eigenvalue weighted by atomic mass is 10.2. The number of benzene rings is 4. The van der Waals surface area contributed by atoms with Crippen LogP contribution in [0.2, 0.25) is 10.0 Å². The third kappa shape index (κ3) is 6.13. The molecule has 4 aromatic rings. The maximum Gasteiger partial charge on any atom is 0.271 e. The lowest BCUT2D eigenvalue weighted by molar-refractivity contribution is -0.113. The van der Waals surface area contributed by atoms with E-state index in [1.54, 1.807) is 83.8 Å². The van der Waals surface area contributed by atoms with Crippen molar-refractivity contribution >= 4 is 79.4 Å². The number of halogens is 4. The van der Waals surface area contributed by atoms with E-state index in [0.29, 0.717) is 47.3 Å². The van der Waals surface area contributed by atoms with Crippen LogP contribution in [0.3, 0.4) is 0 Å². The molecular weight excluding hydrogens is 610 g/mol. The molecule has 1 saturated heterocycles. The minimum absolute atomic E-state index is 0.0978. The van der Waals surface area contributed by atoms with Crippen LogP contribution in [0.1, 0.15) is 11.1 Å². The molecule has 4 nitrogen and oxygen atoms in total. The second kappa shape index (κ2) is 11.7. The Morgan fingerprint density at radius 3 is 2.32 bits per heavy atom. The molecule has 1 amide bonds. The molecule has 1 heterocycles. The number of rotatable bonds is 6. The Morgan fingerprint density at radius 1 is 0.947 bits per heavy atom. The van der Waals surface area contributed by atoms with Crippen LogP contribution in [0, 0.1) is 5.82 Å². The van der Waals surface area contributed by atoms with Crippen molar-refractivity contribution in [2.24, 2.45) is 4.99 Å². The molecule has 0 aliphatic carbocycles. The van der Waals surface area contributed by atoms with Gasteiger partial charge in [0.25, 0.3) is 5.91 Å². The SMILES string of the molecule is O=C1/C(=C/c2ccc(OCc3ccccc3F)c(Br)c2)SC(=Nc2ccc(Cl)cc2)N1c1ccc(Cl)cc1. The average Bonchev–Trinajstić information content (AvgIpc) is 3.20. The monoisotopic (exact) mass is 626 g/mol. The Bertz CT molecular complexity index is 1560. The number of amidine groups is 1. The zero-order valence-corrected chi connectivity index (χ0v) is 23.5. The number of ether oxygens (including phenoxy) is 1. The molecule has 9 heteroatoms. The van der Waals surface area contributed by atoms with E-state index in [0.717, 1.165) is 5.56 Å². The molecule has 0 N–H and O–H groups in total. The van der Waals surface area contributed by atoms with Gasteiger partial charge in [0.1, 0.15) is 18.2 Å². The molecule has 190 valence electrons. The van der Waals surface area contributed by atoms with Crippen molar-refractivity contribution in [3.05, 3.63) is 127 Å². The molecule has 4 aromatic carbocycles. The number of aliphatic imine (C=N–C) groups is 1. The van der Waals surface area contributed by atoms with Crippen LogP contribution in [0.15, 0.2) is 105 Å². The topological polar surface area (TPSA) is 41.9 Å². The number of hydrogen-bond acceptors (Lipinski definition) is 4. The van der Waals surface area contributed by atoms with E-state index in [2.05, 4.69) is 15.9 Å². The Kier molecular flexibility index (Phi) is 8.19. The predicted octanol–water partition coefficient (Wildman–Crippen LogP) is 9.28. The molecule has 0 unspecified atom stereocenters. The van der Waals surface area contributed by atoms with E-state index in [1.807, 2.05) is 12.1 Å². The minimum atomic E-state index is -0.317. The first-order valence-corrected chi connectivity index (χ1v) is 13.7. The van der Waals surface area contributed by atoms with Gasteiger partial charge in [-0.05, 0) is 106 Å². The highest BCUT2D eigenvalue weighted by Gasteiger charge is 2.34. The number of carbonyl (C=O) groups excluding carboxylic acids is 1. The standard InChI is InChI=1S/C29H18BrCl2FN2O2S/c30-24-15-18(5-14-26(24)37-17-19-3-1-2-4-25(19)33)16-27-28(36)35(23-12-8-21(32)9-13-23)29(38-27)34-22-10-6-20(31)7-11-22/h1-16H,17H2/b27-16-,34-29?. The van der Waals surface area contributed by atoms with Crippen molar-refractivity contribution in [3.8, 4) is 5.75 Å². The number of nitrogens with zero attached hydrogens (tertiary/aromatic N) is 2. The number of thioether (sulfide) groups is 1. The van der Waals surface area contributed by atoms with Gasteiger partial charge >= 0.3 is 0 Å². The van der Waals surface area contributed by atoms with E-state index >= 15 is 0 Å². The largest absolute Gasteiger partial charge is 0.488 e. The Hall–Kier alpha value is -3.10. The van der Waals surface area contributed by atoms with E-state index in [1.165, 1.54) is 17.8 Å². The fourth-order valence-corrected chi connectivity index (χ4v) is 5.40. The van der Waals surface area contributed by atoms with Crippen LogP contribution >= 0.6 is 50.9 Å². The summed E-state index contributed by atoms with van der Waals surface area (Å²) in [6, 6.07) is 26.0. The average molecular weight is 628 g/mol. The third-order valence-corrected chi connectivity index (χ3v) is 7.63. The van der Waals surface area contributed by atoms with Gasteiger partial charge in [-0.15, -0.1) is 0 Å². The van der Waals surface area contributed by atoms with Crippen molar-refractivity contribution < 1.29 is 13.9 Å². The molecule has 1 aliphatic heterocycles. The first-order chi connectivity index (χ1) is 18.4. The molecule has 0 radical (unpaired) electrons. The van der Waals surface area contributed by atoms with E-state index in [9.17, 15) is 9.18 Å². The maximum absolute atomic E-state index is 13.9. The van der Waals surface area contributed by atoms with Gasteiger partial charge in [-0.3, -0.25) is 9.69 Å². The fraction of sp³-hybridized carbons (Fsp3) is 0.0345. The van der Waals surface area contributed by atoms with Gasteiger partial charge in [-0.2, -0.15) is 0 Å². The summed E-state index contributed by atoms with van der Waals surface area (Å²) >= 11 is 16.9. The highest BCUT2D eigenvalue weighted by Crippen LogP contribution is 2.38.